The van der Waals surface area contributed by atoms with Gasteiger partial charge in [0.15, 0.2) is 5.78 Å². The molecule has 0 spiro atoms. The zero-order valence-corrected chi connectivity index (χ0v) is 13.8. The van der Waals surface area contributed by atoms with Gasteiger partial charge in [0.2, 0.25) is 11.8 Å². The van der Waals surface area contributed by atoms with Crippen LogP contribution in [0.2, 0.25) is 0 Å². The van der Waals surface area contributed by atoms with Gasteiger partial charge in [-0.15, -0.1) is 0 Å². The van der Waals surface area contributed by atoms with Crippen molar-refractivity contribution in [2.24, 2.45) is 0 Å². The number of carbonyl (C=O) groups is 3. The van der Waals surface area contributed by atoms with Crippen molar-refractivity contribution in [2.45, 2.75) is 19.9 Å². The predicted molar refractivity (Wildman–Crippen MR) is 92.6 cm³/mol. The Morgan fingerprint density at radius 1 is 0.958 bits per heavy atom. The molecule has 2 aromatic rings. The predicted octanol–water partition coefficient (Wildman–Crippen LogP) is 2.88. The molecule has 0 heterocycles. The van der Waals surface area contributed by atoms with Crippen LogP contribution in [0.25, 0.3) is 0 Å². The smallest absolute Gasteiger partial charge is 0.233 e. The Kier molecular flexibility index (Phi) is 5.84. The van der Waals surface area contributed by atoms with Crippen molar-refractivity contribution in [3.8, 4) is 0 Å². The van der Waals surface area contributed by atoms with Gasteiger partial charge in [0, 0.05) is 24.8 Å². The summed E-state index contributed by atoms with van der Waals surface area (Å²) in [7, 11) is 1.67. The van der Waals surface area contributed by atoms with E-state index in [0.717, 1.165) is 5.56 Å². The molecule has 0 aliphatic heterocycles. The molecule has 5 nitrogen and oxygen atoms in total. The minimum Gasteiger partial charge on any atom is -0.341 e. The van der Waals surface area contributed by atoms with Gasteiger partial charge < -0.3 is 10.2 Å². The molecule has 0 bridgehead atoms. The quantitative estimate of drug-likeness (QED) is 0.656. The Balaban J connectivity index is 1.86. The number of ketones is 1. The van der Waals surface area contributed by atoms with E-state index in [9.17, 15) is 14.4 Å². The zero-order valence-electron chi connectivity index (χ0n) is 13.8. The summed E-state index contributed by atoms with van der Waals surface area (Å²) in [6.45, 7) is 1.94. The first-order valence-electron chi connectivity index (χ1n) is 7.64. The second-order valence-corrected chi connectivity index (χ2v) is 5.59. The number of nitrogens with zero attached hydrogens (tertiary/aromatic N) is 1. The fourth-order valence-corrected chi connectivity index (χ4v) is 2.21. The Morgan fingerprint density at radius 3 is 2.17 bits per heavy atom. The van der Waals surface area contributed by atoms with Crippen LogP contribution in [0.1, 0.15) is 29.3 Å². The van der Waals surface area contributed by atoms with E-state index in [-0.39, 0.29) is 24.0 Å². The van der Waals surface area contributed by atoms with Crippen molar-refractivity contribution in [3.63, 3.8) is 0 Å². The van der Waals surface area contributed by atoms with E-state index in [2.05, 4.69) is 5.32 Å². The first-order valence-corrected chi connectivity index (χ1v) is 7.64. The number of hydrogen-bond acceptors (Lipinski definition) is 3. The lowest BCUT2D eigenvalue weighted by Crippen LogP contribution is -2.30. The Labute approximate surface area is 141 Å². The van der Waals surface area contributed by atoms with Gasteiger partial charge in [0.05, 0.1) is 0 Å². The molecule has 0 aromatic heterocycles. The number of benzene rings is 2. The molecule has 0 fully saturated rings. The standard InChI is InChI=1S/C19H20N2O3/c1-14(22)16-8-10-17(11-9-16)20-18(23)12-19(24)21(2)13-15-6-4-3-5-7-15/h3-11H,12-13H2,1-2H3,(H,20,23). The first-order chi connectivity index (χ1) is 11.5. The van der Waals surface area contributed by atoms with Crippen molar-refractivity contribution in [3.05, 3.63) is 65.7 Å². The molecule has 2 rings (SSSR count). The minimum absolute atomic E-state index is 0.0365. The van der Waals surface area contributed by atoms with E-state index >= 15 is 0 Å². The molecule has 24 heavy (non-hydrogen) atoms. The summed E-state index contributed by atoms with van der Waals surface area (Å²) in [5.41, 5.74) is 2.14. The van der Waals surface area contributed by atoms with Crippen LogP contribution >= 0.6 is 0 Å². The van der Waals surface area contributed by atoms with Gasteiger partial charge in [-0.25, -0.2) is 0 Å². The van der Waals surface area contributed by atoms with E-state index in [1.54, 1.807) is 31.3 Å². The second-order valence-electron chi connectivity index (χ2n) is 5.59. The maximum atomic E-state index is 12.1. The lowest BCUT2D eigenvalue weighted by Gasteiger charge is -2.17. The SMILES string of the molecule is CC(=O)c1ccc(NC(=O)CC(=O)N(C)Cc2ccccc2)cc1. The number of amides is 2. The van der Waals surface area contributed by atoms with Crippen LogP contribution in [-0.4, -0.2) is 29.5 Å². The molecule has 2 aromatic carbocycles. The van der Waals surface area contributed by atoms with Crippen molar-refractivity contribution in [1.82, 2.24) is 4.90 Å². The van der Waals surface area contributed by atoms with Crippen LogP contribution in [0.5, 0.6) is 0 Å². The summed E-state index contributed by atoms with van der Waals surface area (Å²) in [6, 6.07) is 16.2. The fraction of sp³-hybridized carbons (Fsp3) is 0.211. The highest BCUT2D eigenvalue weighted by Gasteiger charge is 2.14. The lowest BCUT2D eigenvalue weighted by atomic mass is 10.1. The molecule has 0 radical (unpaired) electrons. The maximum absolute atomic E-state index is 12.1. The molecular weight excluding hydrogens is 304 g/mol. The molecule has 0 unspecified atom stereocenters. The van der Waals surface area contributed by atoms with Crippen molar-refractivity contribution in [2.75, 3.05) is 12.4 Å². The van der Waals surface area contributed by atoms with Gasteiger partial charge in [-0.2, -0.15) is 0 Å². The molecule has 0 aliphatic carbocycles. The summed E-state index contributed by atoms with van der Waals surface area (Å²) in [5, 5.41) is 2.66. The average Bonchev–Trinajstić information content (AvgIpc) is 2.56. The van der Waals surface area contributed by atoms with Crippen LogP contribution in [0.15, 0.2) is 54.6 Å². The number of nitrogens with one attached hydrogen (secondary N) is 1. The van der Waals surface area contributed by atoms with Crippen LogP contribution in [-0.2, 0) is 16.1 Å². The number of carbonyl (C=O) groups excluding carboxylic acids is 3. The Bertz CT molecular complexity index is 724. The highest BCUT2D eigenvalue weighted by Crippen LogP contribution is 2.11. The number of hydrogen-bond donors (Lipinski definition) is 1. The van der Waals surface area contributed by atoms with E-state index < -0.39 is 0 Å². The van der Waals surface area contributed by atoms with Gasteiger partial charge in [-0.05, 0) is 36.8 Å². The fourth-order valence-electron chi connectivity index (χ4n) is 2.21. The zero-order chi connectivity index (χ0) is 17.5. The van der Waals surface area contributed by atoms with Gasteiger partial charge in [-0.1, -0.05) is 30.3 Å². The van der Waals surface area contributed by atoms with Crippen molar-refractivity contribution >= 4 is 23.3 Å². The third kappa shape index (κ3) is 5.05. The van der Waals surface area contributed by atoms with Gasteiger partial charge >= 0.3 is 0 Å². The molecule has 2 amide bonds. The third-order valence-electron chi connectivity index (χ3n) is 3.58. The highest BCUT2D eigenvalue weighted by molar-refractivity contribution is 6.03. The number of rotatable bonds is 6. The van der Waals surface area contributed by atoms with E-state index in [1.807, 2.05) is 30.3 Å². The van der Waals surface area contributed by atoms with E-state index in [0.29, 0.717) is 17.8 Å². The normalized spacial score (nSPS) is 10.1. The molecule has 0 aliphatic rings. The summed E-state index contributed by atoms with van der Waals surface area (Å²) in [6.07, 6.45) is -0.224. The maximum Gasteiger partial charge on any atom is 0.233 e. The number of anilines is 1. The molecule has 0 saturated carbocycles. The average molecular weight is 324 g/mol. The lowest BCUT2D eigenvalue weighted by molar-refractivity contribution is -0.134. The van der Waals surface area contributed by atoms with Crippen LogP contribution in [0.3, 0.4) is 0 Å². The van der Waals surface area contributed by atoms with E-state index in [1.165, 1.54) is 11.8 Å². The summed E-state index contributed by atoms with van der Waals surface area (Å²) in [5.74, 6) is -0.669. The highest BCUT2D eigenvalue weighted by atomic mass is 16.2. The monoisotopic (exact) mass is 324 g/mol. The van der Waals surface area contributed by atoms with E-state index in [4.69, 9.17) is 0 Å². The third-order valence-corrected chi connectivity index (χ3v) is 3.58. The molecule has 5 heteroatoms. The number of Topliss-reactive ketones (excluding diaryl/α,β-unsaturated/α-hetero) is 1. The van der Waals surface area contributed by atoms with Gasteiger partial charge in [0.1, 0.15) is 6.42 Å². The Morgan fingerprint density at radius 2 is 1.58 bits per heavy atom. The molecule has 0 atom stereocenters. The molecule has 0 saturated heterocycles. The minimum atomic E-state index is -0.379. The van der Waals surface area contributed by atoms with Crippen LogP contribution < -0.4 is 5.32 Å². The molecule has 1 N–H and O–H groups in total. The first kappa shape index (κ1) is 17.4. The summed E-state index contributed by atoms with van der Waals surface area (Å²) in [4.78, 5) is 36.8. The Hall–Kier alpha value is -2.95. The largest absolute Gasteiger partial charge is 0.341 e. The van der Waals surface area contributed by atoms with Crippen molar-refractivity contribution < 1.29 is 14.4 Å². The van der Waals surface area contributed by atoms with Crippen molar-refractivity contribution in [1.29, 1.82) is 0 Å². The summed E-state index contributed by atoms with van der Waals surface area (Å²) < 4.78 is 0. The second kappa shape index (κ2) is 8.06. The van der Waals surface area contributed by atoms with Gasteiger partial charge in [0.25, 0.3) is 0 Å². The molecular formula is C19H20N2O3. The topological polar surface area (TPSA) is 66.5 Å². The van der Waals surface area contributed by atoms with Gasteiger partial charge in [-0.3, -0.25) is 14.4 Å². The molecule has 124 valence electrons. The van der Waals surface area contributed by atoms with Crippen LogP contribution in [0, 0.1) is 0 Å². The van der Waals surface area contributed by atoms with Crippen LogP contribution in [0.4, 0.5) is 5.69 Å². The summed E-state index contributed by atoms with van der Waals surface area (Å²) >= 11 is 0.